The van der Waals surface area contributed by atoms with Crippen molar-refractivity contribution in [2.75, 3.05) is 18.4 Å². The Hall–Kier alpha value is -3.14. The van der Waals surface area contributed by atoms with E-state index in [0.29, 0.717) is 36.4 Å². The highest BCUT2D eigenvalue weighted by atomic mass is 19.1. The molecule has 7 nitrogen and oxygen atoms in total. The van der Waals surface area contributed by atoms with Crippen LogP contribution in [0.4, 0.5) is 19.0 Å². The highest BCUT2D eigenvalue weighted by molar-refractivity contribution is 5.95. The molecule has 5 rings (SSSR count). The Morgan fingerprint density at radius 3 is 2.78 bits per heavy atom. The number of imidazole rings is 1. The average Bonchev–Trinajstić information content (AvgIpc) is 3.17. The van der Waals surface area contributed by atoms with Crippen molar-refractivity contribution in [3.8, 4) is 11.4 Å². The fourth-order valence-electron chi connectivity index (χ4n) is 4.01. The smallest absolute Gasteiger partial charge is 0.251 e. The first-order valence-corrected chi connectivity index (χ1v) is 10.8. The quantitative estimate of drug-likeness (QED) is 0.564. The molecule has 1 amide bonds. The van der Waals surface area contributed by atoms with Gasteiger partial charge in [-0.25, -0.2) is 23.1 Å². The van der Waals surface area contributed by atoms with Crippen molar-refractivity contribution < 1.29 is 18.0 Å². The monoisotopic (exact) mass is 444 g/mol. The molecule has 168 valence electrons. The van der Waals surface area contributed by atoms with Gasteiger partial charge in [0.2, 0.25) is 0 Å². The predicted octanol–water partition coefficient (Wildman–Crippen LogP) is 3.07. The van der Waals surface area contributed by atoms with Gasteiger partial charge in [-0.05, 0) is 44.4 Å². The summed E-state index contributed by atoms with van der Waals surface area (Å²) in [5.41, 5.74) is 1.06. The lowest BCUT2D eigenvalue weighted by atomic mass is 9.93. The summed E-state index contributed by atoms with van der Waals surface area (Å²) in [7, 11) is 0. The Balaban J connectivity index is 1.44. The summed E-state index contributed by atoms with van der Waals surface area (Å²) in [6.07, 6.45) is 5.23. The zero-order valence-electron chi connectivity index (χ0n) is 17.2. The van der Waals surface area contributed by atoms with Crippen LogP contribution in [0.25, 0.3) is 17.0 Å². The maximum Gasteiger partial charge on any atom is 0.251 e. The van der Waals surface area contributed by atoms with Crippen molar-refractivity contribution in [1.82, 2.24) is 25.0 Å². The Morgan fingerprint density at radius 2 is 2.03 bits per heavy atom. The molecule has 0 aromatic carbocycles. The molecule has 1 aliphatic carbocycles. The number of alkyl halides is 1. The third-order valence-corrected chi connectivity index (χ3v) is 6.11. The molecule has 10 heteroatoms. The number of hydrogen-bond acceptors (Lipinski definition) is 5. The average molecular weight is 444 g/mol. The van der Waals surface area contributed by atoms with Gasteiger partial charge in [0.15, 0.2) is 17.5 Å². The fourth-order valence-corrected chi connectivity index (χ4v) is 4.01. The Labute approximate surface area is 182 Å². The first-order valence-electron chi connectivity index (χ1n) is 10.8. The molecule has 2 aliphatic rings. The van der Waals surface area contributed by atoms with Crippen molar-refractivity contribution in [1.29, 1.82) is 0 Å². The van der Waals surface area contributed by atoms with Gasteiger partial charge in [-0.2, -0.15) is 0 Å². The topological polar surface area (TPSA) is 83.4 Å². The highest BCUT2D eigenvalue weighted by Gasteiger charge is 2.27. The maximum atomic E-state index is 14.7. The number of piperidine rings is 1. The summed E-state index contributed by atoms with van der Waals surface area (Å²) in [6.45, 7) is 0.864. The summed E-state index contributed by atoms with van der Waals surface area (Å²) < 4.78 is 44.8. The zero-order valence-corrected chi connectivity index (χ0v) is 17.2. The van der Waals surface area contributed by atoms with Gasteiger partial charge < -0.3 is 16.0 Å². The van der Waals surface area contributed by atoms with Crippen LogP contribution in [-0.2, 0) is 0 Å². The molecular weight excluding hydrogens is 421 g/mol. The van der Waals surface area contributed by atoms with E-state index in [1.54, 1.807) is 22.7 Å². The molecule has 3 N–H and O–H groups in total. The number of pyridine rings is 2. The van der Waals surface area contributed by atoms with Crippen molar-refractivity contribution >= 4 is 17.4 Å². The second-order valence-electron chi connectivity index (χ2n) is 8.30. The van der Waals surface area contributed by atoms with E-state index in [1.807, 2.05) is 0 Å². The molecule has 0 bridgehead atoms. The number of carbonyl (C=O) groups excluding carboxylic acids is 1. The summed E-state index contributed by atoms with van der Waals surface area (Å²) in [5.74, 6) is -2.15. The molecule has 0 spiro atoms. The van der Waals surface area contributed by atoms with Crippen LogP contribution in [-0.4, -0.2) is 51.6 Å². The molecule has 3 aromatic heterocycles. The van der Waals surface area contributed by atoms with Crippen LogP contribution in [0.5, 0.6) is 0 Å². The van der Waals surface area contributed by atoms with Crippen LogP contribution in [0.2, 0.25) is 0 Å². The zero-order chi connectivity index (χ0) is 22.2. The number of nitrogens with zero attached hydrogens (tertiary/aromatic N) is 3. The van der Waals surface area contributed by atoms with E-state index in [9.17, 15) is 18.0 Å². The standard InChI is InChI=1S/C22H23F3N6O/c23-14-4-6-26-10-17(14)29-21-16(25)9-15(24)20(30-21)18-11-27-19-8-12(5-7-31(18)19)22(32)28-13-2-1-3-13/h5,7-9,11,13-14,17,26H,1-4,6,10H2,(H,28,32)(H,29,30)/t14-,17-/m0/s1. The summed E-state index contributed by atoms with van der Waals surface area (Å²) in [4.78, 5) is 20.8. The van der Waals surface area contributed by atoms with E-state index in [1.165, 1.54) is 6.20 Å². The lowest BCUT2D eigenvalue weighted by Crippen LogP contribution is -2.46. The molecule has 0 radical (unpaired) electrons. The van der Waals surface area contributed by atoms with E-state index >= 15 is 0 Å². The minimum Gasteiger partial charge on any atom is -0.361 e. The van der Waals surface area contributed by atoms with Crippen LogP contribution < -0.4 is 16.0 Å². The number of hydrogen-bond donors (Lipinski definition) is 3. The fraction of sp³-hybridized carbons (Fsp3) is 0.409. The lowest BCUT2D eigenvalue weighted by molar-refractivity contribution is 0.0917. The molecular formula is C22H23F3N6O. The van der Waals surface area contributed by atoms with Crippen LogP contribution in [0.1, 0.15) is 36.0 Å². The first-order chi connectivity index (χ1) is 15.5. The van der Waals surface area contributed by atoms with Gasteiger partial charge in [-0.3, -0.25) is 9.20 Å². The predicted molar refractivity (Wildman–Crippen MR) is 113 cm³/mol. The van der Waals surface area contributed by atoms with E-state index in [2.05, 4.69) is 25.9 Å². The van der Waals surface area contributed by atoms with Crippen molar-refractivity contribution in [2.24, 2.45) is 0 Å². The number of nitrogens with one attached hydrogen (secondary N) is 3. The van der Waals surface area contributed by atoms with Crippen molar-refractivity contribution in [2.45, 2.75) is 43.9 Å². The summed E-state index contributed by atoms with van der Waals surface area (Å²) >= 11 is 0. The summed E-state index contributed by atoms with van der Waals surface area (Å²) in [6, 6.07) is 3.51. The van der Waals surface area contributed by atoms with Crippen LogP contribution >= 0.6 is 0 Å². The molecule has 2 fully saturated rings. The second-order valence-corrected chi connectivity index (χ2v) is 8.30. The SMILES string of the molecule is O=C(NC1CCC1)c1ccn2c(-c3nc(N[C@H]4CNCC[C@@H]4F)c(F)cc3F)cnc2c1. The van der Waals surface area contributed by atoms with Crippen LogP contribution in [0, 0.1) is 11.6 Å². The molecule has 3 aromatic rings. The van der Waals surface area contributed by atoms with Gasteiger partial charge >= 0.3 is 0 Å². The second kappa shape index (κ2) is 8.42. The largest absolute Gasteiger partial charge is 0.361 e. The number of halogens is 3. The van der Waals surface area contributed by atoms with E-state index in [-0.39, 0.29) is 23.5 Å². The van der Waals surface area contributed by atoms with Gasteiger partial charge in [0, 0.05) is 30.4 Å². The Kier molecular flexibility index (Phi) is 5.46. The van der Waals surface area contributed by atoms with Crippen molar-refractivity contribution in [3.05, 3.63) is 47.8 Å². The highest BCUT2D eigenvalue weighted by Crippen LogP contribution is 2.27. The molecule has 1 saturated carbocycles. The number of fused-ring (bicyclic) bond motifs is 1. The minimum atomic E-state index is -1.16. The van der Waals surface area contributed by atoms with Gasteiger partial charge in [0.05, 0.1) is 17.9 Å². The molecule has 4 heterocycles. The van der Waals surface area contributed by atoms with Crippen LogP contribution in [0.3, 0.4) is 0 Å². The lowest BCUT2D eigenvalue weighted by Gasteiger charge is -2.28. The number of carbonyl (C=O) groups is 1. The van der Waals surface area contributed by atoms with E-state index in [0.717, 1.165) is 25.3 Å². The molecule has 32 heavy (non-hydrogen) atoms. The van der Waals surface area contributed by atoms with Gasteiger partial charge in [-0.15, -0.1) is 0 Å². The number of amides is 1. The third kappa shape index (κ3) is 3.90. The molecule has 2 atom stereocenters. The molecule has 0 unspecified atom stereocenters. The van der Waals surface area contributed by atoms with Gasteiger partial charge in [0.25, 0.3) is 5.91 Å². The first kappa shape index (κ1) is 20.7. The van der Waals surface area contributed by atoms with Crippen molar-refractivity contribution in [3.63, 3.8) is 0 Å². The number of anilines is 1. The molecule has 1 saturated heterocycles. The normalized spacial score (nSPS) is 21.3. The Bertz CT molecular complexity index is 1160. The van der Waals surface area contributed by atoms with E-state index < -0.39 is 23.8 Å². The number of aromatic nitrogens is 3. The maximum absolute atomic E-state index is 14.7. The minimum absolute atomic E-state index is 0.118. The third-order valence-electron chi connectivity index (χ3n) is 6.11. The Morgan fingerprint density at radius 1 is 1.19 bits per heavy atom. The van der Waals surface area contributed by atoms with Gasteiger partial charge in [0.1, 0.15) is 17.5 Å². The van der Waals surface area contributed by atoms with Gasteiger partial charge in [-0.1, -0.05) is 0 Å². The summed E-state index contributed by atoms with van der Waals surface area (Å²) in [5, 5.41) is 8.77. The number of rotatable bonds is 5. The van der Waals surface area contributed by atoms with Crippen LogP contribution in [0.15, 0.2) is 30.6 Å². The van der Waals surface area contributed by atoms with E-state index in [4.69, 9.17) is 0 Å². The molecule has 1 aliphatic heterocycles.